The average Bonchev–Trinajstić information content (AvgIpc) is 3.42. The van der Waals surface area contributed by atoms with Gasteiger partial charge in [-0.05, 0) is 38.2 Å². The Labute approximate surface area is 208 Å². The molecular weight excluding hydrogens is 462 g/mol. The van der Waals surface area contributed by atoms with Crippen LogP contribution in [0.1, 0.15) is 48.6 Å². The van der Waals surface area contributed by atoms with Gasteiger partial charge < -0.3 is 25.8 Å². The van der Waals surface area contributed by atoms with E-state index in [1.165, 1.54) is 0 Å². The third kappa shape index (κ3) is 4.74. The number of nitrogens with two attached hydrogens (primary N) is 1. The fourth-order valence-corrected chi connectivity index (χ4v) is 4.67. The van der Waals surface area contributed by atoms with Gasteiger partial charge in [0.15, 0.2) is 11.5 Å². The lowest BCUT2D eigenvalue weighted by Crippen LogP contribution is -2.20. The van der Waals surface area contributed by atoms with E-state index < -0.39 is 5.91 Å². The maximum atomic E-state index is 12.2. The van der Waals surface area contributed by atoms with E-state index in [2.05, 4.69) is 25.9 Å². The van der Waals surface area contributed by atoms with Gasteiger partial charge in [-0.1, -0.05) is 12.1 Å². The first-order valence-electron chi connectivity index (χ1n) is 12.0. The van der Waals surface area contributed by atoms with Crippen LogP contribution >= 0.6 is 0 Å². The van der Waals surface area contributed by atoms with E-state index >= 15 is 0 Å². The lowest BCUT2D eigenvalue weighted by atomic mass is 10.1. The van der Waals surface area contributed by atoms with Gasteiger partial charge in [-0.15, -0.1) is 10.2 Å². The van der Waals surface area contributed by atoms with Gasteiger partial charge >= 0.3 is 0 Å². The Morgan fingerprint density at radius 1 is 1.11 bits per heavy atom. The molecule has 2 heterocycles. The summed E-state index contributed by atoms with van der Waals surface area (Å²) >= 11 is 0. The Hall–Kier alpha value is -3.99. The lowest BCUT2D eigenvalue weighted by molar-refractivity contribution is -0.117. The number of rotatable bonds is 9. The molecule has 2 amide bonds. The number of amides is 2. The summed E-state index contributed by atoms with van der Waals surface area (Å²) in [6, 6.07) is 7.37. The standard InChI is InChI=1S/C25H29N7O4/c1-35-20-8-4-7-19(20)32-13-15(12-27-32)16-5-3-6-17(23(16)36-2)28-18-11-21(29-25(34)14-9-10-14)30-31-22(18)24(26)33/h3,5-6,11-14,19-20H,4,7-10H2,1-2H3,(H2,26,33)(H2,28,29,30,34)/t19?,20-/m1/s1. The van der Waals surface area contributed by atoms with Crippen LogP contribution in [0.15, 0.2) is 36.7 Å². The Bertz CT molecular complexity index is 1290. The van der Waals surface area contributed by atoms with E-state index in [9.17, 15) is 9.59 Å². The number of anilines is 3. The quantitative estimate of drug-likeness (QED) is 0.413. The molecule has 11 nitrogen and oxygen atoms in total. The van der Waals surface area contributed by atoms with Crippen molar-refractivity contribution < 1.29 is 19.1 Å². The molecule has 11 heteroatoms. The summed E-state index contributed by atoms with van der Waals surface area (Å²) in [5.41, 5.74) is 8.09. The van der Waals surface area contributed by atoms with Gasteiger partial charge in [0.1, 0.15) is 5.75 Å². The Balaban J connectivity index is 1.45. The molecule has 1 aromatic carbocycles. The van der Waals surface area contributed by atoms with Crippen molar-refractivity contribution in [2.45, 2.75) is 44.2 Å². The molecule has 2 aromatic heterocycles. The summed E-state index contributed by atoms with van der Waals surface area (Å²) in [6.07, 6.45) is 8.81. The largest absolute Gasteiger partial charge is 0.494 e. The first-order chi connectivity index (χ1) is 17.5. The molecule has 3 aromatic rings. The van der Waals surface area contributed by atoms with Gasteiger partial charge in [-0.25, -0.2) is 0 Å². The van der Waals surface area contributed by atoms with Gasteiger partial charge in [0, 0.05) is 36.4 Å². The molecule has 0 bridgehead atoms. The van der Waals surface area contributed by atoms with Crippen LogP contribution in [0.25, 0.3) is 11.1 Å². The van der Waals surface area contributed by atoms with E-state index in [4.69, 9.17) is 15.2 Å². The summed E-state index contributed by atoms with van der Waals surface area (Å²) in [6.45, 7) is 0. The number of nitrogens with zero attached hydrogens (tertiary/aromatic N) is 4. The third-order valence-electron chi connectivity index (χ3n) is 6.69. The molecule has 36 heavy (non-hydrogen) atoms. The highest BCUT2D eigenvalue weighted by molar-refractivity contribution is 5.99. The summed E-state index contributed by atoms with van der Waals surface area (Å²) < 4.78 is 13.4. The molecule has 5 rings (SSSR count). The molecule has 0 spiro atoms. The smallest absolute Gasteiger partial charge is 0.271 e. The SMILES string of the molecule is COc1c(Nc2cc(NC(=O)C3CC3)nnc2C(N)=O)cccc1-c1cnn(C2CCC[C@H]2OC)c1. The van der Waals surface area contributed by atoms with Gasteiger partial charge in [-0.2, -0.15) is 5.10 Å². The van der Waals surface area contributed by atoms with E-state index in [1.54, 1.807) is 26.5 Å². The third-order valence-corrected chi connectivity index (χ3v) is 6.69. The van der Waals surface area contributed by atoms with Gasteiger partial charge in [0.25, 0.3) is 5.91 Å². The Morgan fingerprint density at radius 2 is 1.94 bits per heavy atom. The number of hydrogen-bond donors (Lipinski definition) is 3. The molecule has 2 aliphatic carbocycles. The second-order valence-corrected chi connectivity index (χ2v) is 9.11. The maximum absolute atomic E-state index is 12.2. The molecule has 0 saturated heterocycles. The first-order valence-corrected chi connectivity index (χ1v) is 12.0. The van der Waals surface area contributed by atoms with Crippen LogP contribution in [0.5, 0.6) is 5.75 Å². The number of carbonyl (C=O) groups excluding carboxylic acids is 2. The van der Waals surface area contributed by atoms with Crippen LogP contribution in [0, 0.1) is 5.92 Å². The van der Waals surface area contributed by atoms with Crippen molar-refractivity contribution in [2.75, 3.05) is 24.9 Å². The molecule has 1 unspecified atom stereocenters. The highest BCUT2D eigenvalue weighted by Crippen LogP contribution is 2.40. The summed E-state index contributed by atoms with van der Waals surface area (Å²) in [7, 11) is 3.32. The van der Waals surface area contributed by atoms with Crippen molar-refractivity contribution in [3.05, 3.63) is 42.4 Å². The van der Waals surface area contributed by atoms with Crippen molar-refractivity contribution in [3.63, 3.8) is 0 Å². The topological polar surface area (TPSA) is 146 Å². The molecule has 2 fully saturated rings. The van der Waals surface area contributed by atoms with Crippen molar-refractivity contribution in [1.82, 2.24) is 20.0 Å². The number of hydrogen-bond acceptors (Lipinski definition) is 8. The molecule has 0 aliphatic heterocycles. The number of carbonyl (C=O) groups is 2. The van der Waals surface area contributed by atoms with Crippen LogP contribution in [0.4, 0.5) is 17.2 Å². The predicted octanol–water partition coefficient (Wildman–Crippen LogP) is 3.28. The van der Waals surface area contributed by atoms with Crippen LogP contribution in [-0.2, 0) is 9.53 Å². The minimum absolute atomic E-state index is 0.000110. The molecule has 2 atom stereocenters. The van der Waals surface area contributed by atoms with Crippen LogP contribution in [-0.4, -0.2) is 52.1 Å². The monoisotopic (exact) mass is 491 g/mol. The lowest BCUT2D eigenvalue weighted by Gasteiger charge is -2.18. The van der Waals surface area contributed by atoms with E-state index in [0.717, 1.165) is 43.2 Å². The Morgan fingerprint density at radius 3 is 2.67 bits per heavy atom. The second kappa shape index (κ2) is 9.94. The van der Waals surface area contributed by atoms with Crippen molar-refractivity contribution in [1.29, 1.82) is 0 Å². The van der Waals surface area contributed by atoms with Gasteiger partial charge in [0.05, 0.1) is 36.8 Å². The number of ether oxygens (including phenoxy) is 2. The fourth-order valence-electron chi connectivity index (χ4n) is 4.67. The Kier molecular flexibility index (Phi) is 6.55. The van der Waals surface area contributed by atoms with Gasteiger partial charge in [-0.3, -0.25) is 14.3 Å². The highest BCUT2D eigenvalue weighted by Gasteiger charge is 2.31. The molecule has 2 aliphatic rings. The van der Waals surface area contributed by atoms with E-state index in [1.807, 2.05) is 29.1 Å². The van der Waals surface area contributed by atoms with Crippen LogP contribution in [0.3, 0.4) is 0 Å². The number of aromatic nitrogens is 4. The minimum Gasteiger partial charge on any atom is -0.494 e. The second-order valence-electron chi connectivity index (χ2n) is 9.11. The normalized spacial score (nSPS) is 19.2. The van der Waals surface area contributed by atoms with Crippen LogP contribution in [0.2, 0.25) is 0 Å². The number of benzene rings is 1. The summed E-state index contributed by atoms with van der Waals surface area (Å²) in [5.74, 6) is -0.0647. The zero-order valence-electron chi connectivity index (χ0n) is 20.2. The number of primary amides is 1. The summed E-state index contributed by atoms with van der Waals surface area (Å²) in [4.78, 5) is 24.2. The zero-order chi connectivity index (χ0) is 25.2. The minimum atomic E-state index is -0.745. The predicted molar refractivity (Wildman–Crippen MR) is 133 cm³/mol. The summed E-state index contributed by atoms with van der Waals surface area (Å²) in [5, 5.41) is 18.4. The number of para-hydroxylation sites is 1. The van der Waals surface area contributed by atoms with Crippen molar-refractivity contribution in [3.8, 4) is 16.9 Å². The fraction of sp³-hybridized carbons (Fsp3) is 0.400. The highest BCUT2D eigenvalue weighted by atomic mass is 16.5. The van der Waals surface area contributed by atoms with Crippen molar-refractivity contribution in [2.24, 2.45) is 11.7 Å². The molecule has 4 N–H and O–H groups in total. The van der Waals surface area contributed by atoms with Gasteiger partial charge in [0.2, 0.25) is 5.91 Å². The van der Waals surface area contributed by atoms with E-state index in [-0.39, 0.29) is 35.5 Å². The molecular formula is C25H29N7O4. The average molecular weight is 492 g/mol. The number of methoxy groups -OCH3 is 2. The number of nitrogens with one attached hydrogen (secondary N) is 2. The maximum Gasteiger partial charge on any atom is 0.271 e. The zero-order valence-corrected chi connectivity index (χ0v) is 20.2. The molecule has 188 valence electrons. The van der Waals surface area contributed by atoms with Crippen molar-refractivity contribution >= 4 is 29.0 Å². The van der Waals surface area contributed by atoms with E-state index in [0.29, 0.717) is 17.1 Å². The molecule has 2 saturated carbocycles. The molecule has 0 radical (unpaired) electrons. The van der Waals surface area contributed by atoms with Crippen LogP contribution < -0.4 is 21.1 Å². The first kappa shape index (κ1) is 23.7.